The highest BCUT2D eigenvalue weighted by atomic mass is 32.1. The quantitative estimate of drug-likeness (QED) is 0.859. The molecule has 3 rings (SSSR count). The molecule has 1 fully saturated rings. The zero-order valence-corrected chi connectivity index (χ0v) is 14.8. The van der Waals surface area contributed by atoms with Gasteiger partial charge in [0.2, 0.25) is 5.91 Å². The van der Waals surface area contributed by atoms with E-state index >= 15 is 0 Å². The van der Waals surface area contributed by atoms with Crippen LogP contribution in [0.15, 0.2) is 29.6 Å². The minimum absolute atomic E-state index is 0.0906. The van der Waals surface area contributed by atoms with Crippen LogP contribution in [0.2, 0.25) is 0 Å². The molecule has 0 aliphatic carbocycles. The standard InChI is InChI=1S/C17H20N4O3S/c1-24-14-7-3-2-6-13(14)19-16(23)20-17-18-12(11-25-17)10-15(22)21-8-4-5-9-21/h2-3,6-7,11H,4-5,8-10H2,1H3,(H2,18,19,20,23). The second kappa shape index (κ2) is 7.98. The molecule has 0 spiro atoms. The second-order valence-electron chi connectivity index (χ2n) is 5.69. The van der Waals surface area contributed by atoms with E-state index in [2.05, 4.69) is 15.6 Å². The van der Waals surface area contributed by atoms with E-state index in [9.17, 15) is 9.59 Å². The van der Waals surface area contributed by atoms with E-state index in [1.807, 2.05) is 17.0 Å². The van der Waals surface area contributed by atoms with Crippen LogP contribution in [-0.4, -0.2) is 42.0 Å². The summed E-state index contributed by atoms with van der Waals surface area (Å²) < 4.78 is 5.20. The summed E-state index contributed by atoms with van der Waals surface area (Å²) >= 11 is 1.30. The monoisotopic (exact) mass is 360 g/mol. The number of urea groups is 1. The van der Waals surface area contributed by atoms with Gasteiger partial charge in [-0.15, -0.1) is 11.3 Å². The topological polar surface area (TPSA) is 83.6 Å². The second-order valence-corrected chi connectivity index (χ2v) is 6.55. The average molecular weight is 360 g/mol. The van der Waals surface area contributed by atoms with Gasteiger partial charge in [-0.25, -0.2) is 9.78 Å². The Hall–Kier alpha value is -2.61. The first kappa shape index (κ1) is 17.2. The van der Waals surface area contributed by atoms with Crippen LogP contribution in [-0.2, 0) is 11.2 Å². The molecule has 1 aromatic heterocycles. The lowest BCUT2D eigenvalue weighted by molar-refractivity contribution is -0.129. The number of hydrogen-bond donors (Lipinski definition) is 2. The van der Waals surface area contributed by atoms with Gasteiger partial charge in [0.05, 0.1) is 24.9 Å². The lowest BCUT2D eigenvalue weighted by Crippen LogP contribution is -2.29. The SMILES string of the molecule is COc1ccccc1NC(=O)Nc1nc(CC(=O)N2CCCC2)cs1. The minimum atomic E-state index is -0.406. The third-order valence-electron chi connectivity index (χ3n) is 3.92. The summed E-state index contributed by atoms with van der Waals surface area (Å²) in [6, 6.07) is 6.74. The van der Waals surface area contributed by atoms with Crippen molar-refractivity contribution in [2.45, 2.75) is 19.3 Å². The number of likely N-dealkylation sites (tertiary alicyclic amines) is 1. The molecule has 3 amide bonds. The van der Waals surface area contributed by atoms with Crippen LogP contribution in [0.3, 0.4) is 0 Å². The molecule has 2 N–H and O–H groups in total. The van der Waals surface area contributed by atoms with Gasteiger partial charge < -0.3 is 15.0 Å². The Morgan fingerprint density at radius 3 is 2.76 bits per heavy atom. The van der Waals surface area contributed by atoms with Crippen molar-refractivity contribution in [3.05, 3.63) is 35.3 Å². The van der Waals surface area contributed by atoms with Gasteiger partial charge in [-0.05, 0) is 25.0 Å². The number of hydrogen-bond acceptors (Lipinski definition) is 5. The Bertz CT molecular complexity index is 756. The number of anilines is 2. The van der Waals surface area contributed by atoms with Gasteiger partial charge >= 0.3 is 6.03 Å². The smallest absolute Gasteiger partial charge is 0.325 e. The number of carbonyl (C=O) groups is 2. The van der Waals surface area contributed by atoms with Crippen molar-refractivity contribution in [1.29, 1.82) is 0 Å². The highest BCUT2D eigenvalue weighted by Crippen LogP contribution is 2.23. The number of ether oxygens (including phenoxy) is 1. The van der Waals surface area contributed by atoms with Gasteiger partial charge in [0.1, 0.15) is 5.75 Å². The molecule has 1 aliphatic heterocycles. The summed E-state index contributed by atoms with van der Waals surface area (Å²) in [7, 11) is 1.54. The Kier molecular flexibility index (Phi) is 5.49. The fraction of sp³-hybridized carbons (Fsp3) is 0.353. The number of benzene rings is 1. The third-order valence-corrected chi connectivity index (χ3v) is 4.73. The fourth-order valence-corrected chi connectivity index (χ4v) is 3.38. The molecule has 132 valence electrons. The largest absolute Gasteiger partial charge is 0.495 e. The fourth-order valence-electron chi connectivity index (χ4n) is 2.68. The highest BCUT2D eigenvalue weighted by Gasteiger charge is 2.19. The number of thiazole rings is 1. The minimum Gasteiger partial charge on any atom is -0.495 e. The van der Waals surface area contributed by atoms with Crippen molar-refractivity contribution < 1.29 is 14.3 Å². The van der Waals surface area contributed by atoms with Crippen molar-refractivity contribution >= 4 is 34.1 Å². The Morgan fingerprint density at radius 1 is 1.24 bits per heavy atom. The molecule has 0 saturated carbocycles. The number of methoxy groups -OCH3 is 1. The summed E-state index contributed by atoms with van der Waals surface area (Å²) in [5.74, 6) is 0.668. The normalized spacial score (nSPS) is 13.6. The number of aromatic nitrogens is 1. The van der Waals surface area contributed by atoms with Crippen LogP contribution in [0.1, 0.15) is 18.5 Å². The zero-order chi connectivity index (χ0) is 17.6. The van der Waals surface area contributed by atoms with E-state index in [4.69, 9.17) is 4.74 Å². The maximum Gasteiger partial charge on any atom is 0.325 e. The molecular formula is C17H20N4O3S. The highest BCUT2D eigenvalue weighted by molar-refractivity contribution is 7.14. The van der Waals surface area contributed by atoms with Gasteiger partial charge in [0.25, 0.3) is 0 Å². The molecular weight excluding hydrogens is 340 g/mol. The summed E-state index contributed by atoms with van der Waals surface area (Å²) in [6.07, 6.45) is 2.41. The zero-order valence-electron chi connectivity index (χ0n) is 13.9. The third kappa shape index (κ3) is 4.48. The predicted octanol–water partition coefficient (Wildman–Crippen LogP) is 2.96. The van der Waals surface area contributed by atoms with Crippen molar-refractivity contribution in [3.63, 3.8) is 0 Å². The first-order valence-electron chi connectivity index (χ1n) is 8.09. The molecule has 0 bridgehead atoms. The molecule has 0 unspecified atom stereocenters. The summed E-state index contributed by atoms with van der Waals surface area (Å²) in [6.45, 7) is 1.66. The number of nitrogens with zero attached hydrogens (tertiary/aromatic N) is 2. The molecule has 0 radical (unpaired) electrons. The van der Waals surface area contributed by atoms with Crippen molar-refractivity contribution in [2.75, 3.05) is 30.8 Å². The first-order valence-corrected chi connectivity index (χ1v) is 8.97. The van der Waals surface area contributed by atoms with E-state index in [1.54, 1.807) is 24.6 Å². The summed E-state index contributed by atoms with van der Waals surface area (Å²) in [4.78, 5) is 30.4. The van der Waals surface area contributed by atoms with Crippen LogP contribution >= 0.6 is 11.3 Å². The molecule has 0 atom stereocenters. The van der Waals surface area contributed by atoms with Crippen LogP contribution < -0.4 is 15.4 Å². The maximum absolute atomic E-state index is 12.1. The summed E-state index contributed by atoms with van der Waals surface area (Å²) in [5, 5.41) is 7.66. The van der Waals surface area contributed by atoms with Crippen LogP contribution in [0.5, 0.6) is 5.75 Å². The van der Waals surface area contributed by atoms with Crippen molar-refractivity contribution in [3.8, 4) is 5.75 Å². The number of nitrogens with one attached hydrogen (secondary N) is 2. The maximum atomic E-state index is 12.1. The molecule has 1 aromatic carbocycles. The Balaban J connectivity index is 1.55. The van der Waals surface area contributed by atoms with Gasteiger partial charge in [-0.3, -0.25) is 10.1 Å². The molecule has 25 heavy (non-hydrogen) atoms. The van der Waals surface area contributed by atoms with E-state index in [-0.39, 0.29) is 12.3 Å². The van der Waals surface area contributed by atoms with E-state index < -0.39 is 6.03 Å². The summed E-state index contributed by atoms with van der Waals surface area (Å²) in [5.41, 5.74) is 1.25. The lowest BCUT2D eigenvalue weighted by atomic mass is 10.3. The van der Waals surface area contributed by atoms with Crippen molar-refractivity contribution in [2.24, 2.45) is 0 Å². The van der Waals surface area contributed by atoms with E-state index in [1.165, 1.54) is 11.3 Å². The molecule has 1 aliphatic rings. The van der Waals surface area contributed by atoms with Crippen LogP contribution in [0.4, 0.5) is 15.6 Å². The lowest BCUT2D eigenvalue weighted by Gasteiger charge is -2.13. The molecule has 2 heterocycles. The van der Waals surface area contributed by atoms with Crippen LogP contribution in [0.25, 0.3) is 0 Å². The first-order chi connectivity index (χ1) is 12.2. The molecule has 2 aromatic rings. The Labute approximate surface area is 150 Å². The number of carbonyl (C=O) groups excluding carboxylic acids is 2. The van der Waals surface area contributed by atoms with Crippen LogP contribution in [0, 0.1) is 0 Å². The number of amides is 3. The van der Waals surface area contributed by atoms with Gasteiger partial charge in [-0.2, -0.15) is 0 Å². The number of rotatable bonds is 5. The average Bonchev–Trinajstić information content (AvgIpc) is 3.27. The Morgan fingerprint density at radius 2 is 2.00 bits per heavy atom. The number of para-hydroxylation sites is 2. The molecule has 1 saturated heterocycles. The van der Waals surface area contributed by atoms with Gasteiger partial charge in [-0.1, -0.05) is 12.1 Å². The van der Waals surface area contributed by atoms with Gasteiger partial charge in [0, 0.05) is 18.5 Å². The van der Waals surface area contributed by atoms with E-state index in [0.717, 1.165) is 25.9 Å². The molecule has 8 heteroatoms. The van der Waals surface area contributed by atoms with Gasteiger partial charge in [0.15, 0.2) is 5.13 Å². The van der Waals surface area contributed by atoms with Crippen molar-refractivity contribution in [1.82, 2.24) is 9.88 Å². The predicted molar refractivity (Wildman–Crippen MR) is 97.3 cm³/mol. The van der Waals surface area contributed by atoms with E-state index in [0.29, 0.717) is 22.3 Å². The molecule has 7 nitrogen and oxygen atoms in total.